The highest BCUT2D eigenvalue weighted by atomic mass is 32.2. The third-order valence-electron chi connectivity index (χ3n) is 6.61. The lowest BCUT2D eigenvalue weighted by molar-refractivity contribution is -0.137. The fraction of sp³-hybridized carbons (Fsp3) is 0.0968. The first-order chi connectivity index (χ1) is 19.8. The van der Waals surface area contributed by atoms with Crippen LogP contribution in [-0.2, 0) is 16.2 Å². The van der Waals surface area contributed by atoms with E-state index in [0.29, 0.717) is 22.5 Å². The predicted octanol–water partition coefficient (Wildman–Crippen LogP) is 6.88. The van der Waals surface area contributed by atoms with Crippen LogP contribution >= 0.6 is 0 Å². The van der Waals surface area contributed by atoms with Crippen molar-refractivity contribution in [2.75, 3.05) is 4.72 Å². The topological polar surface area (TPSA) is 101 Å². The van der Waals surface area contributed by atoms with Crippen molar-refractivity contribution in [2.45, 2.75) is 24.9 Å². The van der Waals surface area contributed by atoms with E-state index < -0.39 is 27.3 Å². The van der Waals surface area contributed by atoms with Crippen LogP contribution in [0.5, 0.6) is 5.88 Å². The normalized spacial score (nSPS) is 12.2. The lowest BCUT2D eigenvalue weighted by atomic mass is 10.1. The van der Waals surface area contributed by atoms with Crippen LogP contribution in [-0.4, -0.2) is 24.3 Å². The monoisotopic (exact) mass is 591 g/mol. The zero-order chi connectivity index (χ0) is 30.2. The molecule has 11 heteroatoms. The molecule has 4 aromatic carbocycles. The smallest absolute Gasteiger partial charge is 0.416 e. The summed E-state index contributed by atoms with van der Waals surface area (Å²) in [6.45, 7) is 3.75. The summed E-state index contributed by atoms with van der Waals surface area (Å²) in [5.74, 6) is -0.343. The molecule has 1 aromatic heterocycles. The largest absolute Gasteiger partial charge is 0.494 e. The van der Waals surface area contributed by atoms with Crippen molar-refractivity contribution in [3.63, 3.8) is 0 Å². The van der Waals surface area contributed by atoms with Gasteiger partial charge in [0, 0.05) is 22.7 Å². The quantitative estimate of drug-likeness (QED) is 0.210. The highest BCUT2D eigenvalue weighted by Crippen LogP contribution is 2.32. The van der Waals surface area contributed by atoms with Gasteiger partial charge in [0.1, 0.15) is 0 Å². The number of nitrogens with one attached hydrogen (secondary N) is 1. The van der Waals surface area contributed by atoms with E-state index in [4.69, 9.17) is 0 Å². The Labute approximate surface area is 239 Å². The summed E-state index contributed by atoms with van der Waals surface area (Å²) in [5, 5.41) is 12.1. The Morgan fingerprint density at radius 2 is 1.60 bits per heavy atom. The van der Waals surface area contributed by atoms with Crippen molar-refractivity contribution in [1.29, 1.82) is 0 Å². The molecule has 0 aliphatic rings. The minimum absolute atomic E-state index is 0.190. The molecule has 0 saturated heterocycles. The Hall–Kier alpha value is -4.90. The first kappa shape index (κ1) is 28.6. The summed E-state index contributed by atoms with van der Waals surface area (Å²) in [6.07, 6.45) is -3.30. The number of aromatic nitrogens is 1. The molecule has 2 N–H and O–H groups in total. The highest BCUT2D eigenvalue weighted by molar-refractivity contribution is 7.92. The number of hydrogen-bond donors (Lipinski definition) is 2. The fourth-order valence-corrected chi connectivity index (χ4v) is 5.70. The second-order valence-corrected chi connectivity index (χ2v) is 11.3. The second-order valence-electron chi connectivity index (χ2n) is 9.65. The highest BCUT2D eigenvalue weighted by Gasteiger charge is 2.30. The molecule has 0 aliphatic heterocycles. The van der Waals surface area contributed by atoms with Crippen LogP contribution < -0.4 is 10.3 Å². The van der Waals surface area contributed by atoms with Crippen molar-refractivity contribution in [3.8, 4) is 11.6 Å². The maximum atomic E-state index is 13.4. The lowest BCUT2D eigenvalue weighted by Gasteiger charge is -2.16. The summed E-state index contributed by atoms with van der Waals surface area (Å²) in [5.41, 5.74) is 1.04. The summed E-state index contributed by atoms with van der Waals surface area (Å²) >= 11 is 0. The van der Waals surface area contributed by atoms with Crippen LogP contribution in [0.3, 0.4) is 0 Å². The van der Waals surface area contributed by atoms with E-state index in [1.165, 1.54) is 41.1 Å². The number of benzene rings is 4. The van der Waals surface area contributed by atoms with Gasteiger partial charge >= 0.3 is 6.18 Å². The van der Waals surface area contributed by atoms with Gasteiger partial charge in [-0.2, -0.15) is 13.2 Å². The Morgan fingerprint density at radius 1 is 0.881 bits per heavy atom. The van der Waals surface area contributed by atoms with Gasteiger partial charge in [-0.05, 0) is 67.9 Å². The minimum Gasteiger partial charge on any atom is -0.494 e. The number of rotatable bonds is 6. The van der Waals surface area contributed by atoms with E-state index in [0.717, 1.165) is 23.3 Å². The second kappa shape index (κ2) is 10.8. The molecule has 5 rings (SSSR count). The molecule has 0 fully saturated rings. The van der Waals surface area contributed by atoms with Crippen LogP contribution in [0.4, 0.5) is 24.5 Å². The van der Waals surface area contributed by atoms with E-state index in [2.05, 4.69) is 9.71 Å². The van der Waals surface area contributed by atoms with Gasteiger partial charge in [0.25, 0.3) is 15.6 Å². The molecular weight excluding hydrogens is 567 g/mol. The molecule has 1 heterocycles. The maximum absolute atomic E-state index is 13.4. The fourth-order valence-electron chi connectivity index (χ4n) is 4.61. The Bertz CT molecular complexity index is 2030. The van der Waals surface area contributed by atoms with Gasteiger partial charge < -0.3 is 5.11 Å². The van der Waals surface area contributed by atoms with Crippen LogP contribution in [0.1, 0.15) is 22.3 Å². The van der Waals surface area contributed by atoms with E-state index in [1.54, 1.807) is 30.3 Å². The molecule has 7 nitrogen and oxygen atoms in total. The molecule has 5 aromatic rings. The number of aliphatic imine (C=N–C) groups is 1. The van der Waals surface area contributed by atoms with Gasteiger partial charge in [-0.1, -0.05) is 48.0 Å². The van der Waals surface area contributed by atoms with Gasteiger partial charge in [0.15, 0.2) is 0 Å². The number of alkyl halides is 3. The van der Waals surface area contributed by atoms with E-state index in [9.17, 15) is 31.5 Å². The molecule has 42 heavy (non-hydrogen) atoms. The van der Waals surface area contributed by atoms with Crippen molar-refractivity contribution in [2.24, 2.45) is 4.99 Å². The number of aryl methyl sites for hydroxylation is 2. The number of pyridine rings is 1. The van der Waals surface area contributed by atoms with Gasteiger partial charge in [0.05, 0.1) is 27.4 Å². The zero-order valence-corrected chi connectivity index (χ0v) is 23.2. The molecule has 0 unspecified atom stereocenters. The van der Waals surface area contributed by atoms with Crippen molar-refractivity contribution >= 4 is 38.4 Å². The molecule has 0 amide bonds. The third-order valence-corrected chi connectivity index (χ3v) is 7.99. The summed E-state index contributed by atoms with van der Waals surface area (Å²) < 4.78 is 68.6. The molecule has 214 valence electrons. The average Bonchev–Trinajstić information content (AvgIpc) is 2.94. The zero-order valence-electron chi connectivity index (χ0n) is 22.3. The molecular formula is C31H24F3N3O4S. The molecule has 0 bridgehead atoms. The summed E-state index contributed by atoms with van der Waals surface area (Å²) in [7, 11) is -4.27. The van der Waals surface area contributed by atoms with Gasteiger partial charge in [-0.3, -0.25) is 14.5 Å². The first-order valence-electron chi connectivity index (χ1n) is 12.6. The number of aromatic hydroxyl groups is 1. The van der Waals surface area contributed by atoms with Crippen LogP contribution in [0, 0.1) is 13.8 Å². The number of hydrogen-bond acceptors (Lipinski definition) is 5. The number of halogens is 3. The Balaban J connectivity index is 1.55. The van der Waals surface area contributed by atoms with Crippen molar-refractivity contribution in [3.05, 3.63) is 124 Å². The molecule has 0 aliphatic carbocycles. The van der Waals surface area contributed by atoms with E-state index in [1.807, 2.05) is 26.0 Å². The SMILES string of the molecule is Cc1ccc(-n2c(O)c(C=Nc3cccc(S(=O)(=O)Nc4cccc(C(F)(F)F)c4)c3)c3ccccc3c2=O)c(C)c1. The molecule has 0 spiro atoms. The van der Waals surface area contributed by atoms with Crippen molar-refractivity contribution in [1.82, 2.24) is 4.57 Å². The van der Waals surface area contributed by atoms with E-state index >= 15 is 0 Å². The Morgan fingerprint density at radius 3 is 2.31 bits per heavy atom. The average molecular weight is 592 g/mol. The third kappa shape index (κ3) is 5.64. The number of nitrogens with zero attached hydrogens (tertiary/aromatic N) is 2. The first-order valence-corrected chi connectivity index (χ1v) is 14.1. The van der Waals surface area contributed by atoms with Crippen LogP contribution in [0.2, 0.25) is 0 Å². The molecule has 0 radical (unpaired) electrons. The molecule has 0 atom stereocenters. The Kier molecular flexibility index (Phi) is 7.38. The lowest BCUT2D eigenvalue weighted by Crippen LogP contribution is -2.21. The van der Waals surface area contributed by atoms with Crippen molar-refractivity contribution < 1.29 is 26.7 Å². The number of fused-ring (bicyclic) bond motifs is 1. The van der Waals surface area contributed by atoms with Gasteiger partial charge in [0.2, 0.25) is 5.88 Å². The standard InChI is InChI=1S/C31H24F3N3O4S/c1-19-13-14-28(20(2)15-19)37-29(38)26-12-4-3-11-25(26)27(30(37)39)18-35-22-8-6-10-24(17-22)42(40,41)36-23-9-5-7-21(16-23)31(32,33)34/h3-18,36,39H,1-2H3. The number of anilines is 1. The maximum Gasteiger partial charge on any atom is 0.416 e. The minimum atomic E-state index is -4.63. The van der Waals surface area contributed by atoms with Gasteiger partial charge in [-0.25, -0.2) is 13.0 Å². The predicted molar refractivity (Wildman–Crippen MR) is 157 cm³/mol. The van der Waals surface area contributed by atoms with Crippen LogP contribution in [0.15, 0.2) is 106 Å². The van der Waals surface area contributed by atoms with Crippen LogP contribution in [0.25, 0.3) is 16.5 Å². The summed E-state index contributed by atoms with van der Waals surface area (Å²) in [6, 6.07) is 21.6. The molecule has 0 saturated carbocycles. The number of sulfonamides is 1. The van der Waals surface area contributed by atoms with Gasteiger partial charge in [-0.15, -0.1) is 0 Å². The summed E-state index contributed by atoms with van der Waals surface area (Å²) in [4.78, 5) is 17.6. The van der Waals surface area contributed by atoms with E-state index in [-0.39, 0.29) is 27.7 Å².